The van der Waals surface area contributed by atoms with Gasteiger partial charge in [-0.05, 0) is 38.0 Å². The Morgan fingerprint density at radius 2 is 1.03 bits per heavy atom. The summed E-state index contributed by atoms with van der Waals surface area (Å²) >= 11 is 3.97. The molecular weight excluding hydrogens is 843 g/mol. The van der Waals surface area contributed by atoms with Crippen LogP contribution in [0.1, 0.15) is 58.8 Å². The molecule has 350 valence electrons. The van der Waals surface area contributed by atoms with Crippen LogP contribution < -0.4 is 81.2 Å². The Morgan fingerprint density at radius 1 is 0.581 bits per heavy atom. The molecule has 0 aromatic heterocycles. The Balaban J connectivity index is 5.95. The van der Waals surface area contributed by atoms with Gasteiger partial charge < -0.3 is 58.5 Å². The smallest absolute Gasteiger partial charge is 0.338 e. The molecule has 28 heteroatoms. The number of nitrogens with one attached hydrogen (secondary N) is 10. The van der Waals surface area contributed by atoms with Crippen molar-refractivity contribution in [3.8, 4) is 0 Å². The summed E-state index contributed by atoms with van der Waals surface area (Å²) in [7, 11) is 0. The summed E-state index contributed by atoms with van der Waals surface area (Å²) < 4.78 is 0. The molecular formula is C34H64N15O12S+3. The third kappa shape index (κ3) is 25.2. The van der Waals surface area contributed by atoms with Crippen LogP contribution in [0.4, 0.5) is 0 Å². The lowest BCUT2D eigenvalue weighted by Crippen LogP contribution is -2.78. The molecule has 0 saturated carbocycles. The molecule has 0 aromatic rings. The number of carbonyl (C=O) groups excluding carboxylic acids is 8. The zero-order chi connectivity index (χ0) is 47.4. The van der Waals surface area contributed by atoms with Gasteiger partial charge in [-0.15, -0.1) is 0 Å². The standard InChI is InChI=1S/C34H61N15O12S/c1-3-17(2)27(49-24(52)13-42-22(50)12-43-28(57)18(35)16-62)32(61)48-20(7-5-11-41-34(38)39)29(58)44-14-23(51)46-21(8-9-25(53)54)31(60)47-19(6-4-10-40-33(36)37)30(59)45-15-26(55)56/h17-21,27,62H,3-16,35H2,1-2H3,(H,42,50)(H,43,57)(H,44,58)(H,45,59)(H,46,51)(H,47,60)(H,48,61)(H,49,52)(H,53,54)(H,55,56)(H4,36,37,40)(H4,38,39,41)/p+3/t17-,18-,19-,20-,21-,27-/m0/s1. The van der Waals surface area contributed by atoms with Crippen LogP contribution in [0.3, 0.4) is 0 Å². The molecule has 6 atom stereocenters. The van der Waals surface area contributed by atoms with E-state index in [9.17, 15) is 53.1 Å². The van der Waals surface area contributed by atoms with Gasteiger partial charge in [0.25, 0.3) is 5.91 Å². The van der Waals surface area contributed by atoms with E-state index in [0.29, 0.717) is 6.42 Å². The molecule has 0 bridgehead atoms. The summed E-state index contributed by atoms with van der Waals surface area (Å²) in [5.41, 5.74) is 25.2. The van der Waals surface area contributed by atoms with Crippen molar-refractivity contribution < 1.29 is 73.9 Å². The molecule has 0 aromatic carbocycles. The maximum absolute atomic E-state index is 13.6. The van der Waals surface area contributed by atoms with E-state index >= 15 is 0 Å². The van der Waals surface area contributed by atoms with Crippen LogP contribution in [0.5, 0.6) is 0 Å². The zero-order valence-corrected chi connectivity index (χ0v) is 35.7. The van der Waals surface area contributed by atoms with Crippen molar-refractivity contribution in [2.24, 2.45) is 28.9 Å². The van der Waals surface area contributed by atoms with Gasteiger partial charge in [0.1, 0.15) is 30.7 Å². The molecule has 0 saturated heterocycles. The first-order chi connectivity index (χ1) is 29.1. The number of nitrogens with two attached hydrogens (primary N) is 4. The fraction of sp³-hybridized carbons (Fsp3) is 0.647. The number of rotatable bonds is 31. The van der Waals surface area contributed by atoms with Crippen molar-refractivity contribution in [1.29, 1.82) is 0 Å². The quantitative estimate of drug-likeness (QED) is 0.0133. The van der Waals surface area contributed by atoms with Gasteiger partial charge in [-0.2, -0.15) is 12.6 Å². The van der Waals surface area contributed by atoms with E-state index in [1.807, 2.05) is 0 Å². The summed E-state index contributed by atoms with van der Waals surface area (Å²) in [4.78, 5) is 131. The number of quaternary nitrogens is 1. The predicted molar refractivity (Wildman–Crippen MR) is 221 cm³/mol. The minimum Gasteiger partial charge on any atom is -0.481 e. The Labute approximate surface area is 362 Å². The number of aliphatic carboxylic acids is 2. The highest BCUT2D eigenvalue weighted by molar-refractivity contribution is 7.80. The summed E-state index contributed by atoms with van der Waals surface area (Å²) in [6, 6.07) is -6.08. The van der Waals surface area contributed by atoms with Crippen LogP contribution in [0.2, 0.25) is 0 Å². The minimum atomic E-state index is -1.54. The molecule has 27 nitrogen and oxygen atoms in total. The average Bonchev–Trinajstić information content (AvgIpc) is 3.21. The Hall–Kier alpha value is -6.45. The highest BCUT2D eigenvalue weighted by atomic mass is 32.1. The van der Waals surface area contributed by atoms with E-state index in [2.05, 4.69) is 70.9 Å². The first kappa shape index (κ1) is 55.5. The van der Waals surface area contributed by atoms with Gasteiger partial charge in [-0.1, -0.05) is 20.3 Å². The maximum atomic E-state index is 13.6. The number of hydrogen-bond donors (Lipinski definition) is 18. The van der Waals surface area contributed by atoms with Crippen LogP contribution in [0.15, 0.2) is 0 Å². The van der Waals surface area contributed by atoms with Crippen molar-refractivity contribution in [2.45, 2.75) is 89.0 Å². The van der Waals surface area contributed by atoms with Crippen molar-refractivity contribution in [3.63, 3.8) is 0 Å². The fourth-order valence-electron chi connectivity index (χ4n) is 5.07. The molecule has 0 radical (unpaired) electrons. The molecule has 0 unspecified atom stereocenters. The Morgan fingerprint density at radius 3 is 1.52 bits per heavy atom. The van der Waals surface area contributed by atoms with Gasteiger partial charge in [0.05, 0.1) is 38.5 Å². The second-order valence-electron chi connectivity index (χ2n) is 13.9. The summed E-state index contributed by atoms with van der Waals surface area (Å²) in [6.07, 6.45) is -0.342. The predicted octanol–water partition coefficient (Wildman–Crippen LogP) is -11.8. The number of guanidine groups is 2. The Kier molecular flexibility index (Phi) is 27.4. The van der Waals surface area contributed by atoms with Crippen LogP contribution in [0.25, 0.3) is 0 Å². The lowest BCUT2D eigenvalue weighted by Gasteiger charge is -2.26. The van der Waals surface area contributed by atoms with E-state index in [1.165, 1.54) is 0 Å². The number of carbonyl (C=O) groups is 10. The second-order valence-corrected chi connectivity index (χ2v) is 14.2. The third-order valence-electron chi connectivity index (χ3n) is 8.67. The number of hydrogen-bond acceptors (Lipinski definition) is 11. The number of thiol groups is 1. The van der Waals surface area contributed by atoms with Crippen LogP contribution in [-0.2, 0) is 47.9 Å². The lowest BCUT2D eigenvalue weighted by atomic mass is 9.97. The van der Waals surface area contributed by atoms with Crippen molar-refractivity contribution >= 4 is 83.7 Å². The van der Waals surface area contributed by atoms with E-state index < -0.39 is 134 Å². The SMILES string of the molecule is CC[C@H](C)[C@H](NC(=O)CNC(=O)CNC(=O)[C@@H]([NH3+])CS)C(=O)N[C@@H](CCC[NH+]=C(N)N)C(=O)NCC(=O)N[C@@H](CCC(=O)O)C(=O)N[C@@H](CCC[NH+]=C(N)N)C(=O)NCC(=O)O. The molecule has 62 heavy (non-hydrogen) atoms. The van der Waals surface area contributed by atoms with E-state index in [4.69, 9.17) is 28.0 Å². The number of carboxylic acid groups (broad SMARTS) is 2. The van der Waals surface area contributed by atoms with Crippen molar-refractivity contribution in [3.05, 3.63) is 0 Å². The molecule has 0 heterocycles. The molecule has 23 N–H and O–H groups in total. The Bertz CT molecular complexity index is 1630. The maximum Gasteiger partial charge on any atom is 0.338 e. The number of amides is 8. The van der Waals surface area contributed by atoms with Crippen LogP contribution in [-0.4, -0.2) is 157 Å². The first-order valence-electron chi connectivity index (χ1n) is 19.5. The van der Waals surface area contributed by atoms with E-state index in [-0.39, 0.29) is 56.4 Å². The highest BCUT2D eigenvalue weighted by Gasteiger charge is 2.31. The second kappa shape index (κ2) is 30.6. The fourth-order valence-corrected chi connectivity index (χ4v) is 5.24. The van der Waals surface area contributed by atoms with E-state index in [1.54, 1.807) is 13.8 Å². The topological polar surface area (TPSA) is 467 Å². The molecule has 0 aliphatic carbocycles. The largest absolute Gasteiger partial charge is 0.481 e. The minimum absolute atomic E-state index is 0.0375. The molecule has 0 spiro atoms. The summed E-state index contributed by atoms with van der Waals surface area (Å²) in [5.74, 6) is -9.68. The zero-order valence-electron chi connectivity index (χ0n) is 34.8. The van der Waals surface area contributed by atoms with Gasteiger partial charge >= 0.3 is 23.9 Å². The molecule has 0 aliphatic heterocycles. The normalized spacial score (nSPS) is 13.4. The molecule has 0 fully saturated rings. The molecule has 0 aliphatic rings. The van der Waals surface area contributed by atoms with Crippen molar-refractivity contribution in [1.82, 2.24) is 42.5 Å². The van der Waals surface area contributed by atoms with Gasteiger partial charge in [0.15, 0.2) is 6.04 Å². The lowest BCUT2D eigenvalue weighted by molar-refractivity contribution is -0.460. The summed E-state index contributed by atoms with van der Waals surface area (Å²) in [6.45, 7) is 1.22. The van der Waals surface area contributed by atoms with Gasteiger partial charge in [-0.3, -0.25) is 80.9 Å². The van der Waals surface area contributed by atoms with Crippen LogP contribution >= 0.6 is 12.6 Å². The van der Waals surface area contributed by atoms with E-state index in [0.717, 1.165) is 0 Å². The molecule has 8 amide bonds. The van der Waals surface area contributed by atoms with Gasteiger partial charge in [0.2, 0.25) is 41.4 Å². The third-order valence-corrected chi connectivity index (χ3v) is 9.11. The first-order valence-corrected chi connectivity index (χ1v) is 20.1. The monoisotopic (exact) mass is 906 g/mol. The van der Waals surface area contributed by atoms with Crippen molar-refractivity contribution in [2.75, 3.05) is 45.0 Å². The highest BCUT2D eigenvalue weighted by Crippen LogP contribution is 2.10. The van der Waals surface area contributed by atoms with Crippen LogP contribution in [0, 0.1) is 5.92 Å². The molecule has 0 rings (SSSR count). The van der Waals surface area contributed by atoms with Gasteiger partial charge in [0, 0.05) is 6.42 Å². The summed E-state index contributed by atoms with van der Waals surface area (Å²) in [5, 5.41) is 37.2. The number of carboxylic acids is 2. The average molecular weight is 907 g/mol. The van der Waals surface area contributed by atoms with Gasteiger partial charge in [-0.25, -0.2) is 0 Å².